The van der Waals surface area contributed by atoms with E-state index in [4.69, 9.17) is 20.6 Å². The zero-order valence-electron chi connectivity index (χ0n) is 17.1. The van der Waals surface area contributed by atoms with E-state index in [1.807, 2.05) is 43.3 Å². The standard InChI is InChI=1S/C24H29NO4/c1-4-17-29-21-13-12-20(18-23(21)27-3)15-16-25-24(26)22(28-5-2)14-11-19-9-7-6-8-10-19/h1,6-10,12-13,18,22H,5,11,14-17H2,2-3H3,(H,25,26)/t22-/m0/s1. The fraction of sp³-hybridized carbons (Fsp3) is 0.375. The molecule has 0 unspecified atom stereocenters. The van der Waals surface area contributed by atoms with Crippen LogP contribution in [0.4, 0.5) is 0 Å². The van der Waals surface area contributed by atoms with Crippen molar-refractivity contribution in [3.8, 4) is 23.8 Å². The Morgan fingerprint density at radius 2 is 1.90 bits per heavy atom. The summed E-state index contributed by atoms with van der Waals surface area (Å²) in [6.45, 7) is 3.11. The number of rotatable bonds is 12. The molecule has 0 saturated carbocycles. The van der Waals surface area contributed by atoms with Gasteiger partial charge in [-0.3, -0.25) is 4.79 Å². The first-order valence-electron chi connectivity index (χ1n) is 9.84. The Balaban J connectivity index is 1.85. The highest BCUT2D eigenvalue weighted by Gasteiger charge is 2.18. The lowest BCUT2D eigenvalue weighted by atomic mass is 10.1. The molecule has 0 aromatic heterocycles. The monoisotopic (exact) mass is 395 g/mol. The van der Waals surface area contributed by atoms with Crippen molar-refractivity contribution in [3.05, 3.63) is 59.7 Å². The molecule has 0 fully saturated rings. The van der Waals surface area contributed by atoms with E-state index in [9.17, 15) is 4.79 Å². The van der Waals surface area contributed by atoms with Gasteiger partial charge in [-0.2, -0.15) is 0 Å². The molecular weight excluding hydrogens is 366 g/mol. The molecular formula is C24H29NO4. The van der Waals surface area contributed by atoms with Gasteiger partial charge in [-0.1, -0.05) is 42.3 Å². The van der Waals surface area contributed by atoms with Gasteiger partial charge in [-0.25, -0.2) is 0 Å². The van der Waals surface area contributed by atoms with Crippen LogP contribution >= 0.6 is 0 Å². The number of methoxy groups -OCH3 is 1. The molecule has 1 N–H and O–H groups in total. The minimum Gasteiger partial charge on any atom is -0.493 e. The van der Waals surface area contributed by atoms with E-state index in [0.29, 0.717) is 37.5 Å². The Morgan fingerprint density at radius 3 is 2.59 bits per heavy atom. The van der Waals surface area contributed by atoms with Crippen LogP contribution < -0.4 is 14.8 Å². The summed E-state index contributed by atoms with van der Waals surface area (Å²) in [5.74, 6) is 3.58. The summed E-state index contributed by atoms with van der Waals surface area (Å²) >= 11 is 0. The third-order valence-electron chi connectivity index (χ3n) is 4.45. The third-order valence-corrected chi connectivity index (χ3v) is 4.45. The fourth-order valence-corrected chi connectivity index (χ4v) is 2.98. The summed E-state index contributed by atoms with van der Waals surface area (Å²) in [4.78, 5) is 12.5. The molecule has 2 rings (SSSR count). The van der Waals surface area contributed by atoms with E-state index in [2.05, 4.69) is 23.4 Å². The highest BCUT2D eigenvalue weighted by Crippen LogP contribution is 2.28. The quantitative estimate of drug-likeness (QED) is 0.560. The Kier molecular flexibility index (Phi) is 9.61. The van der Waals surface area contributed by atoms with Crippen LogP contribution in [0.15, 0.2) is 48.5 Å². The number of carbonyl (C=O) groups excluding carboxylic acids is 1. The number of aryl methyl sites for hydroxylation is 1. The molecule has 29 heavy (non-hydrogen) atoms. The van der Waals surface area contributed by atoms with E-state index < -0.39 is 6.10 Å². The third kappa shape index (κ3) is 7.52. The SMILES string of the molecule is C#CCOc1ccc(CCNC(=O)[C@H](CCc2ccccc2)OCC)cc1OC. The van der Waals surface area contributed by atoms with Gasteiger partial charge in [0.15, 0.2) is 11.5 Å². The number of terminal acetylenes is 1. The van der Waals surface area contributed by atoms with E-state index in [-0.39, 0.29) is 12.5 Å². The number of ether oxygens (including phenoxy) is 3. The van der Waals surface area contributed by atoms with Crippen molar-refractivity contribution in [2.24, 2.45) is 0 Å². The van der Waals surface area contributed by atoms with E-state index in [0.717, 1.165) is 12.0 Å². The summed E-state index contributed by atoms with van der Waals surface area (Å²) in [5, 5.41) is 2.98. The van der Waals surface area contributed by atoms with Crippen LogP contribution in [0.5, 0.6) is 11.5 Å². The van der Waals surface area contributed by atoms with Crippen LogP contribution in [0.1, 0.15) is 24.5 Å². The van der Waals surface area contributed by atoms with Crippen molar-refractivity contribution < 1.29 is 19.0 Å². The second kappa shape index (κ2) is 12.5. The number of benzene rings is 2. The van der Waals surface area contributed by atoms with E-state index in [1.54, 1.807) is 7.11 Å². The van der Waals surface area contributed by atoms with E-state index in [1.165, 1.54) is 5.56 Å². The first-order chi connectivity index (χ1) is 14.2. The molecule has 1 atom stereocenters. The molecule has 0 bridgehead atoms. The molecule has 2 aromatic carbocycles. The number of amides is 1. The summed E-state index contributed by atoms with van der Waals surface area (Å²) in [6, 6.07) is 15.8. The van der Waals surface area contributed by atoms with Crippen molar-refractivity contribution in [1.29, 1.82) is 0 Å². The lowest BCUT2D eigenvalue weighted by Crippen LogP contribution is -2.37. The number of hydrogen-bond acceptors (Lipinski definition) is 4. The molecule has 154 valence electrons. The summed E-state index contributed by atoms with van der Waals surface area (Å²) in [7, 11) is 1.59. The smallest absolute Gasteiger partial charge is 0.249 e. The van der Waals surface area contributed by atoms with Crippen molar-refractivity contribution >= 4 is 5.91 Å². The predicted molar refractivity (Wildman–Crippen MR) is 114 cm³/mol. The van der Waals surface area contributed by atoms with Crippen molar-refractivity contribution in [2.45, 2.75) is 32.3 Å². The van der Waals surface area contributed by atoms with Crippen LogP contribution in [-0.4, -0.2) is 38.9 Å². The van der Waals surface area contributed by atoms with Gasteiger partial charge in [0.25, 0.3) is 0 Å². The van der Waals surface area contributed by atoms with Crippen LogP contribution in [-0.2, 0) is 22.4 Å². The van der Waals surface area contributed by atoms with Gasteiger partial charge in [0.2, 0.25) is 5.91 Å². The first kappa shape index (κ1) is 22.3. The molecule has 2 aromatic rings. The van der Waals surface area contributed by atoms with Crippen LogP contribution in [0.25, 0.3) is 0 Å². The Labute approximate surface area is 173 Å². The number of nitrogens with one attached hydrogen (secondary N) is 1. The maximum Gasteiger partial charge on any atom is 0.249 e. The summed E-state index contributed by atoms with van der Waals surface area (Å²) in [5.41, 5.74) is 2.23. The molecule has 5 nitrogen and oxygen atoms in total. The Bertz CT molecular complexity index is 798. The van der Waals surface area contributed by atoms with E-state index >= 15 is 0 Å². The molecule has 0 saturated heterocycles. The molecule has 1 amide bonds. The molecule has 0 aliphatic carbocycles. The van der Waals surface area contributed by atoms with Gasteiger partial charge in [-0.05, 0) is 49.4 Å². The minimum atomic E-state index is -0.450. The van der Waals surface area contributed by atoms with Crippen LogP contribution in [0.3, 0.4) is 0 Å². The average molecular weight is 395 g/mol. The largest absolute Gasteiger partial charge is 0.493 e. The molecule has 0 radical (unpaired) electrons. The molecule has 0 aliphatic heterocycles. The second-order valence-electron chi connectivity index (χ2n) is 6.49. The van der Waals surface area contributed by atoms with Crippen LogP contribution in [0, 0.1) is 12.3 Å². The minimum absolute atomic E-state index is 0.0799. The number of hydrogen-bond donors (Lipinski definition) is 1. The highest BCUT2D eigenvalue weighted by atomic mass is 16.5. The maximum atomic E-state index is 12.5. The van der Waals surface area contributed by atoms with Crippen molar-refractivity contribution in [1.82, 2.24) is 5.32 Å². The highest BCUT2D eigenvalue weighted by molar-refractivity contribution is 5.80. The van der Waals surface area contributed by atoms with Gasteiger partial charge >= 0.3 is 0 Å². The topological polar surface area (TPSA) is 56.8 Å². The molecule has 0 aliphatic rings. The van der Waals surface area contributed by atoms with Gasteiger partial charge in [0.05, 0.1) is 7.11 Å². The molecule has 5 heteroatoms. The molecule has 0 heterocycles. The van der Waals surface area contributed by atoms with Gasteiger partial charge in [0.1, 0.15) is 12.7 Å². The second-order valence-corrected chi connectivity index (χ2v) is 6.49. The van der Waals surface area contributed by atoms with Crippen LogP contribution in [0.2, 0.25) is 0 Å². The fourth-order valence-electron chi connectivity index (χ4n) is 2.98. The summed E-state index contributed by atoms with van der Waals surface area (Å²) in [6.07, 6.45) is 6.90. The maximum absolute atomic E-state index is 12.5. The number of carbonyl (C=O) groups is 1. The normalized spacial score (nSPS) is 11.3. The average Bonchev–Trinajstić information content (AvgIpc) is 2.76. The van der Waals surface area contributed by atoms with Crippen molar-refractivity contribution in [2.75, 3.05) is 26.9 Å². The Morgan fingerprint density at radius 1 is 1.10 bits per heavy atom. The summed E-state index contributed by atoms with van der Waals surface area (Å²) < 4.78 is 16.5. The zero-order chi connectivity index (χ0) is 20.9. The van der Waals surface area contributed by atoms with Gasteiger partial charge < -0.3 is 19.5 Å². The van der Waals surface area contributed by atoms with Gasteiger partial charge in [-0.15, -0.1) is 6.42 Å². The lowest BCUT2D eigenvalue weighted by Gasteiger charge is -2.17. The zero-order valence-corrected chi connectivity index (χ0v) is 17.1. The van der Waals surface area contributed by atoms with Crippen molar-refractivity contribution in [3.63, 3.8) is 0 Å². The van der Waals surface area contributed by atoms with Gasteiger partial charge in [0, 0.05) is 13.2 Å². The Hall–Kier alpha value is -2.97. The molecule has 0 spiro atoms. The predicted octanol–water partition coefficient (Wildman–Crippen LogP) is 3.40. The lowest BCUT2D eigenvalue weighted by molar-refractivity contribution is -0.132. The first-order valence-corrected chi connectivity index (χ1v) is 9.84.